The number of rotatable bonds is 4. The fraction of sp³-hybridized carbons (Fsp3) is 0.417. The average molecular weight is 317 g/mol. The van der Waals surface area contributed by atoms with E-state index in [1.165, 1.54) is 31.0 Å². The van der Waals surface area contributed by atoms with Gasteiger partial charge in [0.2, 0.25) is 10.0 Å². The van der Waals surface area contributed by atoms with E-state index in [2.05, 4.69) is 0 Å². The average Bonchev–Trinajstić information content (AvgIpc) is 2.88. The molecule has 1 atom stereocenters. The zero-order valence-corrected chi connectivity index (χ0v) is 12.7. The molecular formula is C12H15NO5S2. The quantitative estimate of drug-likeness (QED) is 0.897. The van der Waals surface area contributed by atoms with Crippen molar-refractivity contribution in [3.8, 4) is 5.75 Å². The minimum Gasteiger partial charge on any atom is -0.496 e. The van der Waals surface area contributed by atoms with E-state index in [9.17, 15) is 13.2 Å². The van der Waals surface area contributed by atoms with Gasteiger partial charge in [0.15, 0.2) is 0 Å². The number of carbonyl (C=O) groups is 1. The highest BCUT2D eigenvalue weighted by Gasteiger charge is 2.40. The van der Waals surface area contributed by atoms with Crippen molar-refractivity contribution in [1.82, 2.24) is 4.31 Å². The van der Waals surface area contributed by atoms with Gasteiger partial charge in [-0.15, -0.1) is 11.8 Å². The summed E-state index contributed by atoms with van der Waals surface area (Å²) in [5, 5.41) is 9.09. The summed E-state index contributed by atoms with van der Waals surface area (Å²) in [5.41, 5.74) is 0.687. The molecule has 1 aliphatic heterocycles. The molecule has 1 aliphatic rings. The molecule has 0 radical (unpaired) electrons. The summed E-state index contributed by atoms with van der Waals surface area (Å²) in [6.07, 6.45) is 0. The molecule has 0 spiro atoms. The Balaban J connectivity index is 2.40. The van der Waals surface area contributed by atoms with Crippen molar-refractivity contribution in [2.75, 3.05) is 18.7 Å². The molecule has 0 amide bonds. The Hall–Kier alpha value is -1.25. The van der Waals surface area contributed by atoms with Crippen LogP contribution in [0.25, 0.3) is 0 Å². The summed E-state index contributed by atoms with van der Waals surface area (Å²) in [7, 11) is -2.30. The molecule has 1 aromatic rings. The predicted octanol–water partition coefficient (Wildman–Crippen LogP) is 1.15. The molecule has 1 saturated heterocycles. The van der Waals surface area contributed by atoms with Crippen LogP contribution in [0.2, 0.25) is 0 Å². The van der Waals surface area contributed by atoms with Crippen molar-refractivity contribution in [2.45, 2.75) is 17.9 Å². The maximum Gasteiger partial charge on any atom is 0.322 e. The van der Waals surface area contributed by atoms with Gasteiger partial charge in [-0.05, 0) is 30.7 Å². The van der Waals surface area contributed by atoms with Crippen molar-refractivity contribution in [2.24, 2.45) is 0 Å². The molecule has 110 valence electrons. The lowest BCUT2D eigenvalue weighted by Gasteiger charge is -2.20. The number of carboxylic acids is 1. The molecule has 1 unspecified atom stereocenters. The topological polar surface area (TPSA) is 83.9 Å². The van der Waals surface area contributed by atoms with Crippen molar-refractivity contribution in [3.63, 3.8) is 0 Å². The van der Waals surface area contributed by atoms with Crippen LogP contribution in [0.1, 0.15) is 5.56 Å². The van der Waals surface area contributed by atoms with Gasteiger partial charge in [-0.1, -0.05) is 0 Å². The van der Waals surface area contributed by atoms with Crippen molar-refractivity contribution in [1.29, 1.82) is 0 Å². The number of nitrogens with zero attached hydrogens (tertiary/aromatic N) is 1. The molecule has 6 nitrogen and oxygen atoms in total. The van der Waals surface area contributed by atoms with Crippen molar-refractivity contribution >= 4 is 27.8 Å². The SMILES string of the molecule is COc1ccc(S(=O)(=O)N2CSCC2C(=O)O)cc1C. The van der Waals surface area contributed by atoms with E-state index >= 15 is 0 Å². The van der Waals surface area contributed by atoms with E-state index < -0.39 is 22.0 Å². The highest BCUT2D eigenvalue weighted by molar-refractivity contribution is 8.00. The molecule has 0 bridgehead atoms. The van der Waals surface area contributed by atoms with Crippen LogP contribution in [0.3, 0.4) is 0 Å². The largest absolute Gasteiger partial charge is 0.496 e. The number of hydrogen-bond acceptors (Lipinski definition) is 5. The second-order valence-corrected chi connectivity index (χ2v) is 7.27. The Morgan fingerprint density at radius 1 is 1.50 bits per heavy atom. The molecule has 0 aromatic heterocycles. The van der Waals surface area contributed by atoms with E-state index in [1.54, 1.807) is 13.0 Å². The van der Waals surface area contributed by atoms with Crippen LogP contribution >= 0.6 is 11.8 Å². The van der Waals surface area contributed by atoms with Crippen LogP contribution in [0.5, 0.6) is 5.75 Å². The maximum atomic E-state index is 12.5. The molecule has 1 fully saturated rings. The number of ether oxygens (including phenoxy) is 1. The van der Waals surface area contributed by atoms with Crippen molar-refractivity contribution in [3.05, 3.63) is 23.8 Å². The van der Waals surface area contributed by atoms with Crippen LogP contribution < -0.4 is 4.74 Å². The van der Waals surface area contributed by atoms with Crippen molar-refractivity contribution < 1.29 is 23.1 Å². The standard InChI is InChI=1S/C12H15NO5S2/c1-8-5-9(3-4-11(8)18-2)20(16,17)13-7-19-6-10(13)12(14)15/h3-5,10H,6-7H2,1-2H3,(H,14,15). The molecular weight excluding hydrogens is 302 g/mol. The highest BCUT2D eigenvalue weighted by Crippen LogP contribution is 2.30. The molecule has 0 aliphatic carbocycles. The minimum absolute atomic E-state index is 0.0875. The fourth-order valence-corrected chi connectivity index (χ4v) is 5.23. The molecule has 1 aromatic carbocycles. The third-order valence-electron chi connectivity index (χ3n) is 3.10. The fourth-order valence-electron chi connectivity index (χ4n) is 2.01. The summed E-state index contributed by atoms with van der Waals surface area (Å²) in [6.45, 7) is 1.74. The smallest absolute Gasteiger partial charge is 0.322 e. The van der Waals surface area contributed by atoms with E-state index in [0.717, 1.165) is 4.31 Å². The first kappa shape index (κ1) is 15.1. The lowest BCUT2D eigenvalue weighted by Crippen LogP contribution is -2.41. The second-order valence-electron chi connectivity index (χ2n) is 4.38. The van der Waals surface area contributed by atoms with Gasteiger partial charge in [0, 0.05) is 5.75 Å². The van der Waals surface area contributed by atoms with Gasteiger partial charge in [0.1, 0.15) is 11.8 Å². The van der Waals surface area contributed by atoms with Gasteiger partial charge in [-0.25, -0.2) is 8.42 Å². The Kier molecular flexibility index (Phi) is 4.26. The Bertz CT molecular complexity index is 629. The van der Waals surface area contributed by atoms with Gasteiger partial charge in [-0.3, -0.25) is 4.79 Å². The first-order valence-corrected chi connectivity index (χ1v) is 8.44. The van der Waals surface area contributed by atoms with Crippen LogP contribution in [0.4, 0.5) is 0 Å². The Morgan fingerprint density at radius 2 is 2.20 bits per heavy atom. The van der Waals surface area contributed by atoms with Crippen LogP contribution in [0, 0.1) is 6.92 Å². The third-order valence-corrected chi connectivity index (χ3v) is 6.13. The summed E-state index contributed by atoms with van der Waals surface area (Å²) in [6, 6.07) is 3.49. The van der Waals surface area contributed by atoms with Gasteiger partial charge >= 0.3 is 5.97 Å². The Morgan fingerprint density at radius 3 is 2.75 bits per heavy atom. The van der Waals surface area contributed by atoms with E-state index in [4.69, 9.17) is 9.84 Å². The third kappa shape index (κ3) is 2.63. The lowest BCUT2D eigenvalue weighted by molar-refractivity contribution is -0.140. The van der Waals surface area contributed by atoms with Gasteiger partial charge in [-0.2, -0.15) is 4.31 Å². The maximum absolute atomic E-state index is 12.5. The van der Waals surface area contributed by atoms with E-state index in [0.29, 0.717) is 11.3 Å². The van der Waals surface area contributed by atoms with Crippen LogP contribution in [0.15, 0.2) is 23.1 Å². The number of hydrogen-bond donors (Lipinski definition) is 1. The van der Waals surface area contributed by atoms with E-state index in [1.807, 2.05) is 0 Å². The number of sulfonamides is 1. The summed E-state index contributed by atoms with van der Waals surface area (Å²) in [4.78, 5) is 11.2. The predicted molar refractivity (Wildman–Crippen MR) is 75.5 cm³/mol. The molecule has 0 saturated carbocycles. The number of benzene rings is 1. The number of aryl methyl sites for hydroxylation is 1. The Labute approximate surface area is 121 Å². The molecule has 1 heterocycles. The molecule has 8 heteroatoms. The summed E-state index contributed by atoms with van der Waals surface area (Å²) in [5.74, 6) is -0.105. The lowest BCUT2D eigenvalue weighted by atomic mass is 10.2. The van der Waals surface area contributed by atoms with E-state index in [-0.39, 0.29) is 16.5 Å². The van der Waals surface area contributed by atoms with Gasteiger partial charge in [0.05, 0.1) is 17.9 Å². The normalized spacial score (nSPS) is 20.0. The number of aliphatic carboxylic acids is 1. The first-order chi connectivity index (χ1) is 9.37. The van der Waals surface area contributed by atoms with Gasteiger partial charge < -0.3 is 9.84 Å². The first-order valence-electron chi connectivity index (χ1n) is 5.85. The molecule has 2 rings (SSSR count). The number of methoxy groups -OCH3 is 1. The van der Waals surface area contributed by atoms with Crippen LogP contribution in [-0.4, -0.2) is 48.6 Å². The number of thioether (sulfide) groups is 1. The monoisotopic (exact) mass is 317 g/mol. The minimum atomic E-state index is -3.80. The number of carboxylic acid groups (broad SMARTS) is 1. The molecule has 20 heavy (non-hydrogen) atoms. The zero-order chi connectivity index (χ0) is 14.9. The highest BCUT2D eigenvalue weighted by atomic mass is 32.2. The molecule has 1 N–H and O–H groups in total. The van der Waals surface area contributed by atoms with Crippen LogP contribution in [-0.2, 0) is 14.8 Å². The summed E-state index contributed by atoms with van der Waals surface area (Å²) < 4.78 is 31.1. The zero-order valence-electron chi connectivity index (χ0n) is 11.1. The van der Waals surface area contributed by atoms with Gasteiger partial charge in [0.25, 0.3) is 0 Å². The summed E-state index contributed by atoms with van der Waals surface area (Å²) >= 11 is 1.29. The second kappa shape index (κ2) is 5.63.